The van der Waals surface area contributed by atoms with E-state index in [0.29, 0.717) is 22.0 Å². The van der Waals surface area contributed by atoms with Crippen molar-refractivity contribution in [1.29, 1.82) is 0 Å². The van der Waals surface area contributed by atoms with Crippen LogP contribution in [0.15, 0.2) is 60.8 Å². The molecular formula is C20H13F3N4O2. The number of nitrogens with zero attached hydrogens (tertiary/aromatic N) is 3. The van der Waals surface area contributed by atoms with Crippen LogP contribution in [0.3, 0.4) is 0 Å². The average molecular weight is 398 g/mol. The summed E-state index contributed by atoms with van der Waals surface area (Å²) < 4.78 is 40.3. The van der Waals surface area contributed by atoms with Gasteiger partial charge in [0.1, 0.15) is 5.69 Å². The van der Waals surface area contributed by atoms with E-state index in [4.69, 9.17) is 5.73 Å². The van der Waals surface area contributed by atoms with Gasteiger partial charge in [-0.15, -0.1) is 0 Å². The molecule has 9 heteroatoms. The number of anilines is 1. The Hall–Kier alpha value is -3.88. The quantitative estimate of drug-likeness (QED) is 0.499. The van der Waals surface area contributed by atoms with Gasteiger partial charge in [-0.3, -0.25) is 0 Å². The number of hydrogen-bond donors (Lipinski definition) is 2. The lowest BCUT2D eigenvalue weighted by atomic mass is 10.0. The molecule has 0 spiro atoms. The van der Waals surface area contributed by atoms with Crippen molar-refractivity contribution in [3.8, 4) is 16.9 Å². The van der Waals surface area contributed by atoms with Crippen LogP contribution in [0.2, 0.25) is 0 Å². The van der Waals surface area contributed by atoms with E-state index in [0.717, 1.165) is 6.07 Å². The van der Waals surface area contributed by atoms with Gasteiger partial charge in [-0.05, 0) is 47.5 Å². The van der Waals surface area contributed by atoms with Crippen molar-refractivity contribution in [3.05, 3.63) is 72.1 Å². The maximum Gasteiger partial charge on any atom is 0.433 e. The normalized spacial score (nSPS) is 11.7. The fourth-order valence-corrected chi connectivity index (χ4v) is 3.02. The number of nitrogens with two attached hydrogens (primary N) is 1. The van der Waals surface area contributed by atoms with Crippen LogP contribution in [-0.2, 0) is 6.18 Å². The highest BCUT2D eigenvalue weighted by molar-refractivity contribution is 5.92. The fourth-order valence-electron chi connectivity index (χ4n) is 3.02. The largest absolute Gasteiger partial charge is 0.478 e. The van der Waals surface area contributed by atoms with Gasteiger partial charge in [0.25, 0.3) is 0 Å². The summed E-state index contributed by atoms with van der Waals surface area (Å²) in [6.45, 7) is 0. The van der Waals surface area contributed by atoms with Crippen LogP contribution in [0.5, 0.6) is 0 Å². The summed E-state index contributed by atoms with van der Waals surface area (Å²) in [7, 11) is 0. The van der Waals surface area contributed by atoms with Crippen molar-refractivity contribution in [2.24, 2.45) is 0 Å². The lowest BCUT2D eigenvalue weighted by Crippen LogP contribution is -2.10. The molecule has 4 aromatic rings. The number of hydrogen-bond acceptors (Lipinski definition) is 4. The zero-order chi connectivity index (χ0) is 20.8. The minimum absolute atomic E-state index is 0.0192. The third-order valence-corrected chi connectivity index (χ3v) is 4.35. The van der Waals surface area contributed by atoms with E-state index < -0.39 is 17.8 Å². The van der Waals surface area contributed by atoms with Crippen molar-refractivity contribution in [2.75, 3.05) is 5.73 Å². The summed E-state index contributed by atoms with van der Waals surface area (Å²) >= 11 is 0. The number of carboxylic acid groups (broad SMARTS) is 1. The number of aromatic nitrogens is 3. The third kappa shape index (κ3) is 3.49. The molecule has 0 atom stereocenters. The Balaban J connectivity index is 1.86. The van der Waals surface area contributed by atoms with Gasteiger partial charge in [-0.25, -0.2) is 14.5 Å². The van der Waals surface area contributed by atoms with Gasteiger partial charge in [0.15, 0.2) is 5.82 Å². The van der Waals surface area contributed by atoms with Gasteiger partial charge in [0.2, 0.25) is 0 Å². The highest BCUT2D eigenvalue weighted by atomic mass is 19.4. The number of nitrogen functional groups attached to an aromatic ring is 1. The number of aromatic carboxylic acids is 1. The van der Waals surface area contributed by atoms with E-state index in [1.165, 1.54) is 35.1 Å². The van der Waals surface area contributed by atoms with Gasteiger partial charge in [0.05, 0.1) is 17.3 Å². The van der Waals surface area contributed by atoms with Gasteiger partial charge in [-0.2, -0.15) is 18.3 Å². The number of rotatable bonds is 3. The SMILES string of the molecule is Nc1cc(C(=O)O)cc(-c2ccc3cnn(-c4cccc(C(F)(F)F)n4)c3c2)c1. The summed E-state index contributed by atoms with van der Waals surface area (Å²) in [5.41, 5.74) is 6.84. The molecule has 0 fully saturated rings. The minimum Gasteiger partial charge on any atom is -0.478 e. The molecule has 0 saturated carbocycles. The van der Waals surface area contributed by atoms with Gasteiger partial charge >= 0.3 is 12.1 Å². The first-order chi connectivity index (χ1) is 13.7. The van der Waals surface area contributed by atoms with E-state index in [2.05, 4.69) is 10.1 Å². The third-order valence-electron chi connectivity index (χ3n) is 4.35. The topological polar surface area (TPSA) is 94.0 Å². The number of alkyl halides is 3. The number of fused-ring (bicyclic) bond motifs is 1. The maximum absolute atomic E-state index is 13.0. The second-order valence-corrected chi connectivity index (χ2v) is 6.36. The summed E-state index contributed by atoms with van der Waals surface area (Å²) in [6.07, 6.45) is -3.05. The molecule has 6 nitrogen and oxygen atoms in total. The number of carboxylic acids is 1. The van der Waals surface area contributed by atoms with Crippen molar-refractivity contribution < 1.29 is 23.1 Å². The Bertz CT molecular complexity index is 1250. The van der Waals surface area contributed by atoms with Crippen LogP contribution in [0.4, 0.5) is 18.9 Å². The van der Waals surface area contributed by atoms with Gasteiger partial charge in [-0.1, -0.05) is 18.2 Å². The molecule has 0 amide bonds. The van der Waals surface area contributed by atoms with Crippen LogP contribution in [0.25, 0.3) is 27.8 Å². The fraction of sp³-hybridized carbons (Fsp3) is 0.0500. The number of pyridine rings is 1. The Morgan fingerprint density at radius 1 is 1.03 bits per heavy atom. The van der Waals surface area contributed by atoms with Crippen LogP contribution in [0, 0.1) is 0 Å². The zero-order valence-corrected chi connectivity index (χ0v) is 14.7. The van der Waals surface area contributed by atoms with Crippen LogP contribution in [0.1, 0.15) is 16.1 Å². The second kappa shape index (κ2) is 6.62. The average Bonchev–Trinajstić information content (AvgIpc) is 3.10. The summed E-state index contributed by atoms with van der Waals surface area (Å²) in [5.74, 6) is -1.09. The predicted molar refractivity (Wildman–Crippen MR) is 101 cm³/mol. The molecule has 0 saturated heterocycles. The summed E-state index contributed by atoms with van der Waals surface area (Å²) in [4.78, 5) is 15.0. The van der Waals surface area contributed by atoms with Gasteiger partial charge in [0, 0.05) is 11.1 Å². The van der Waals surface area contributed by atoms with Crippen molar-refractivity contribution in [1.82, 2.24) is 14.8 Å². The van der Waals surface area contributed by atoms with Crippen LogP contribution >= 0.6 is 0 Å². The lowest BCUT2D eigenvalue weighted by Gasteiger charge is -2.09. The van der Waals surface area contributed by atoms with E-state index in [1.54, 1.807) is 24.3 Å². The summed E-state index contributed by atoms with van der Waals surface area (Å²) in [5, 5.41) is 14.1. The molecule has 4 rings (SSSR count). The first-order valence-corrected chi connectivity index (χ1v) is 8.39. The highest BCUT2D eigenvalue weighted by Gasteiger charge is 2.32. The minimum atomic E-state index is -4.57. The molecule has 3 N–H and O–H groups in total. The molecule has 146 valence electrons. The molecule has 2 aromatic heterocycles. The first kappa shape index (κ1) is 18.5. The molecule has 0 bridgehead atoms. The number of halogens is 3. The Kier molecular flexibility index (Phi) is 4.22. The predicted octanol–water partition coefficient (Wildman–Crippen LogP) is 4.39. The standard InChI is InChI=1S/C20H13F3N4O2/c21-20(22,23)17-2-1-3-18(26-17)27-16-9-11(4-5-12(16)10-25-27)13-6-14(19(28)29)8-15(24)7-13/h1-10H,24H2,(H,28,29). The van der Waals surface area contributed by atoms with E-state index in [1.807, 2.05) is 0 Å². The van der Waals surface area contributed by atoms with Crippen LogP contribution < -0.4 is 5.73 Å². The molecule has 0 radical (unpaired) electrons. The van der Waals surface area contributed by atoms with Crippen LogP contribution in [-0.4, -0.2) is 25.8 Å². The summed E-state index contributed by atoms with van der Waals surface area (Å²) in [6, 6.07) is 13.2. The molecule has 0 unspecified atom stereocenters. The Morgan fingerprint density at radius 3 is 2.55 bits per heavy atom. The van der Waals surface area contributed by atoms with Crippen molar-refractivity contribution >= 4 is 22.6 Å². The monoisotopic (exact) mass is 398 g/mol. The van der Waals surface area contributed by atoms with Gasteiger partial charge < -0.3 is 10.8 Å². The number of benzene rings is 2. The highest BCUT2D eigenvalue weighted by Crippen LogP contribution is 2.30. The van der Waals surface area contributed by atoms with E-state index in [9.17, 15) is 23.1 Å². The van der Waals surface area contributed by atoms with E-state index >= 15 is 0 Å². The molecule has 0 aliphatic carbocycles. The second-order valence-electron chi connectivity index (χ2n) is 6.36. The zero-order valence-electron chi connectivity index (χ0n) is 14.7. The number of carbonyl (C=O) groups is 1. The molecule has 0 aliphatic rings. The maximum atomic E-state index is 13.0. The van der Waals surface area contributed by atoms with E-state index in [-0.39, 0.29) is 17.1 Å². The molecule has 0 aliphatic heterocycles. The van der Waals surface area contributed by atoms with Crippen molar-refractivity contribution in [2.45, 2.75) is 6.18 Å². The Labute approximate surface area is 162 Å². The molecule has 29 heavy (non-hydrogen) atoms. The van der Waals surface area contributed by atoms with Crippen molar-refractivity contribution in [3.63, 3.8) is 0 Å². The molecule has 2 aromatic carbocycles. The molecular weight excluding hydrogens is 385 g/mol. The smallest absolute Gasteiger partial charge is 0.433 e. The molecule has 2 heterocycles. The Morgan fingerprint density at radius 2 is 1.83 bits per heavy atom. The lowest BCUT2D eigenvalue weighted by molar-refractivity contribution is -0.141. The first-order valence-electron chi connectivity index (χ1n) is 8.39.